The zero-order valence-corrected chi connectivity index (χ0v) is 20.0. The van der Waals surface area contributed by atoms with Crippen LogP contribution in [0.1, 0.15) is 52.7 Å². The van der Waals surface area contributed by atoms with E-state index >= 15 is 0 Å². The topological polar surface area (TPSA) is 79.7 Å². The number of Topliss-reactive ketones (excluding diaryl/α,β-unsaturated/α-hetero) is 1. The summed E-state index contributed by atoms with van der Waals surface area (Å²) in [7, 11) is 1.59. The molecule has 6 nitrogen and oxygen atoms in total. The van der Waals surface area contributed by atoms with Gasteiger partial charge in [-0.1, -0.05) is 55.3 Å². The lowest BCUT2D eigenvalue weighted by atomic mass is 9.94. The molecule has 0 spiro atoms. The number of aliphatic hydroxyl groups is 1. The first kappa shape index (κ1) is 22.3. The van der Waals surface area contributed by atoms with Crippen LogP contribution in [0.2, 0.25) is 0 Å². The Morgan fingerprint density at radius 1 is 1.09 bits per heavy atom. The highest BCUT2D eigenvalue weighted by molar-refractivity contribution is 7.17. The van der Waals surface area contributed by atoms with E-state index in [0.717, 1.165) is 41.8 Å². The van der Waals surface area contributed by atoms with Gasteiger partial charge < -0.3 is 14.7 Å². The van der Waals surface area contributed by atoms with Crippen molar-refractivity contribution in [1.82, 2.24) is 9.88 Å². The van der Waals surface area contributed by atoms with Crippen molar-refractivity contribution in [1.29, 1.82) is 0 Å². The van der Waals surface area contributed by atoms with E-state index in [1.54, 1.807) is 18.9 Å². The molecule has 0 bridgehead atoms. The SMILES string of the molecule is COc1ccc(C2C(C(=O)c3sc(-c4ccccc4)nc3C)=C(O)C(=O)N2C2CCCC2)cc1. The summed E-state index contributed by atoms with van der Waals surface area (Å²) in [5.74, 6) is -0.579. The summed E-state index contributed by atoms with van der Waals surface area (Å²) in [5, 5.41) is 11.7. The van der Waals surface area contributed by atoms with Crippen LogP contribution in [0.15, 0.2) is 65.9 Å². The highest BCUT2D eigenvalue weighted by Crippen LogP contribution is 2.44. The van der Waals surface area contributed by atoms with Crippen LogP contribution in [-0.4, -0.2) is 39.8 Å². The second kappa shape index (κ2) is 9.06. The molecule has 1 aromatic heterocycles. The van der Waals surface area contributed by atoms with E-state index in [1.165, 1.54) is 11.3 Å². The van der Waals surface area contributed by atoms with Gasteiger partial charge in [-0.2, -0.15) is 0 Å². The van der Waals surface area contributed by atoms with E-state index in [4.69, 9.17) is 4.74 Å². The Bertz CT molecular complexity index is 1260. The van der Waals surface area contributed by atoms with Crippen LogP contribution < -0.4 is 4.74 Å². The van der Waals surface area contributed by atoms with Crippen molar-refractivity contribution in [3.05, 3.63) is 82.1 Å². The van der Waals surface area contributed by atoms with Crippen molar-refractivity contribution in [2.24, 2.45) is 0 Å². The molecule has 1 amide bonds. The number of amides is 1. The number of benzene rings is 2. The van der Waals surface area contributed by atoms with E-state index in [1.807, 2.05) is 54.6 Å². The lowest BCUT2D eigenvalue weighted by Gasteiger charge is -2.32. The van der Waals surface area contributed by atoms with Gasteiger partial charge in [-0.25, -0.2) is 4.98 Å². The van der Waals surface area contributed by atoms with Gasteiger partial charge in [0.2, 0.25) is 5.78 Å². The number of carbonyl (C=O) groups excluding carboxylic acids is 2. The first-order chi connectivity index (χ1) is 16.5. The zero-order chi connectivity index (χ0) is 23.8. The third-order valence-electron chi connectivity index (χ3n) is 6.66. The van der Waals surface area contributed by atoms with Crippen molar-refractivity contribution in [2.75, 3.05) is 7.11 Å². The third-order valence-corrected chi connectivity index (χ3v) is 7.87. The number of hydrogen-bond donors (Lipinski definition) is 1. The predicted molar refractivity (Wildman–Crippen MR) is 131 cm³/mol. The molecule has 2 aromatic carbocycles. The van der Waals surface area contributed by atoms with Crippen molar-refractivity contribution >= 4 is 23.0 Å². The number of nitrogens with zero attached hydrogens (tertiary/aromatic N) is 2. The number of aryl methyl sites for hydroxylation is 1. The zero-order valence-electron chi connectivity index (χ0n) is 19.2. The van der Waals surface area contributed by atoms with Crippen LogP contribution in [0.3, 0.4) is 0 Å². The van der Waals surface area contributed by atoms with Gasteiger partial charge >= 0.3 is 0 Å². The molecular weight excluding hydrogens is 448 g/mol. The van der Waals surface area contributed by atoms with Crippen molar-refractivity contribution in [3.8, 4) is 16.3 Å². The number of rotatable bonds is 6. The Morgan fingerprint density at radius 3 is 2.41 bits per heavy atom. The molecule has 1 unspecified atom stereocenters. The Labute approximate surface area is 202 Å². The Balaban J connectivity index is 1.58. The smallest absolute Gasteiger partial charge is 0.290 e. The average molecular weight is 475 g/mol. The molecule has 2 aliphatic rings. The monoisotopic (exact) mass is 474 g/mol. The number of thiazole rings is 1. The van der Waals surface area contributed by atoms with Gasteiger partial charge in [0.05, 0.1) is 29.3 Å². The fraction of sp³-hybridized carbons (Fsp3) is 0.296. The second-order valence-electron chi connectivity index (χ2n) is 8.72. The summed E-state index contributed by atoms with van der Waals surface area (Å²) < 4.78 is 5.29. The van der Waals surface area contributed by atoms with Crippen molar-refractivity contribution in [2.45, 2.75) is 44.7 Å². The number of methoxy groups -OCH3 is 1. The lowest BCUT2D eigenvalue weighted by Crippen LogP contribution is -2.38. The van der Waals surface area contributed by atoms with Gasteiger partial charge in [-0.15, -0.1) is 11.3 Å². The molecule has 174 valence electrons. The molecule has 2 heterocycles. The molecule has 1 aliphatic heterocycles. The highest BCUT2D eigenvalue weighted by atomic mass is 32.1. The van der Waals surface area contributed by atoms with Crippen LogP contribution in [0.25, 0.3) is 10.6 Å². The molecular formula is C27H26N2O4S. The summed E-state index contributed by atoms with van der Waals surface area (Å²) in [6.07, 6.45) is 3.79. The molecule has 3 aromatic rings. The number of ketones is 1. The predicted octanol–water partition coefficient (Wildman–Crippen LogP) is 5.65. The fourth-order valence-electron chi connectivity index (χ4n) is 4.96. The second-order valence-corrected chi connectivity index (χ2v) is 9.72. The number of ether oxygens (including phenoxy) is 1. The number of hydrogen-bond acceptors (Lipinski definition) is 6. The summed E-state index contributed by atoms with van der Waals surface area (Å²) >= 11 is 1.29. The van der Waals surface area contributed by atoms with Crippen LogP contribution >= 0.6 is 11.3 Å². The van der Waals surface area contributed by atoms with Crippen LogP contribution in [0.4, 0.5) is 0 Å². The van der Waals surface area contributed by atoms with E-state index in [2.05, 4.69) is 4.98 Å². The largest absolute Gasteiger partial charge is 0.503 e. The summed E-state index contributed by atoms with van der Waals surface area (Å²) in [5.41, 5.74) is 2.43. The Morgan fingerprint density at radius 2 is 1.76 bits per heavy atom. The standard InChI is InChI=1S/C27H26N2O4S/c1-16-25(34-26(28-16)18-8-4-3-5-9-18)23(30)21-22(17-12-14-20(33-2)15-13-17)29(27(32)24(21)31)19-10-6-7-11-19/h3-5,8-9,12-15,19,22,31H,6-7,10-11H2,1-2H3. The van der Waals surface area contributed by atoms with Gasteiger partial charge in [-0.3, -0.25) is 9.59 Å². The summed E-state index contributed by atoms with van der Waals surface area (Å²) in [6.45, 7) is 1.79. The molecule has 1 saturated carbocycles. The molecule has 5 rings (SSSR count). The van der Waals surface area contributed by atoms with Gasteiger partial charge in [0.1, 0.15) is 10.8 Å². The number of aromatic nitrogens is 1. The van der Waals surface area contributed by atoms with E-state index in [0.29, 0.717) is 16.3 Å². The first-order valence-electron chi connectivity index (χ1n) is 11.5. The maximum absolute atomic E-state index is 13.9. The van der Waals surface area contributed by atoms with Crippen LogP contribution in [-0.2, 0) is 4.79 Å². The maximum Gasteiger partial charge on any atom is 0.290 e. The quantitative estimate of drug-likeness (QED) is 0.467. The lowest BCUT2D eigenvalue weighted by molar-refractivity contribution is -0.131. The molecule has 0 radical (unpaired) electrons. The van der Waals surface area contributed by atoms with Gasteiger partial charge in [0.25, 0.3) is 5.91 Å². The minimum absolute atomic E-state index is 0.00510. The van der Waals surface area contributed by atoms with Gasteiger partial charge in [-0.05, 0) is 37.5 Å². The van der Waals surface area contributed by atoms with E-state index in [9.17, 15) is 14.7 Å². The highest BCUT2D eigenvalue weighted by Gasteiger charge is 2.47. The molecule has 1 aliphatic carbocycles. The van der Waals surface area contributed by atoms with E-state index in [-0.39, 0.29) is 17.4 Å². The normalized spacial score (nSPS) is 18.7. The summed E-state index contributed by atoms with van der Waals surface area (Å²) in [4.78, 5) is 33.9. The van der Waals surface area contributed by atoms with E-state index < -0.39 is 17.7 Å². The Hall–Kier alpha value is -3.45. The molecule has 1 fully saturated rings. The molecule has 7 heteroatoms. The van der Waals surface area contributed by atoms with Crippen LogP contribution in [0, 0.1) is 6.92 Å². The number of carbonyl (C=O) groups is 2. The fourth-order valence-corrected chi connectivity index (χ4v) is 5.99. The molecule has 34 heavy (non-hydrogen) atoms. The maximum atomic E-state index is 13.9. The molecule has 1 N–H and O–H groups in total. The molecule has 1 atom stereocenters. The Kier molecular flexibility index (Phi) is 5.96. The van der Waals surface area contributed by atoms with Crippen molar-refractivity contribution in [3.63, 3.8) is 0 Å². The van der Waals surface area contributed by atoms with Gasteiger partial charge in [0.15, 0.2) is 5.76 Å². The first-order valence-corrected chi connectivity index (χ1v) is 12.3. The summed E-state index contributed by atoms with van der Waals surface area (Å²) in [6, 6.07) is 16.4. The van der Waals surface area contributed by atoms with Gasteiger partial charge in [0, 0.05) is 11.6 Å². The van der Waals surface area contributed by atoms with Crippen molar-refractivity contribution < 1.29 is 19.4 Å². The minimum atomic E-state index is -0.643. The average Bonchev–Trinajstić information content (AvgIpc) is 3.58. The van der Waals surface area contributed by atoms with Crippen LogP contribution in [0.5, 0.6) is 5.75 Å². The number of aliphatic hydroxyl groups excluding tert-OH is 1. The third kappa shape index (κ3) is 3.80. The minimum Gasteiger partial charge on any atom is -0.503 e. The molecule has 0 saturated heterocycles.